The molecule has 0 radical (unpaired) electrons. The molecule has 1 N–H and O–H groups in total. The van der Waals surface area contributed by atoms with Crippen molar-refractivity contribution in [1.29, 1.82) is 0 Å². The third-order valence-electron chi connectivity index (χ3n) is 2.45. The van der Waals surface area contributed by atoms with Crippen molar-refractivity contribution in [2.24, 2.45) is 0 Å². The topological polar surface area (TPSA) is 12.0 Å². The highest BCUT2D eigenvalue weighted by atomic mass is 14.9. The van der Waals surface area contributed by atoms with Crippen LogP contribution < -0.4 is 5.32 Å². The highest BCUT2D eigenvalue weighted by Crippen LogP contribution is 2.03. The van der Waals surface area contributed by atoms with Crippen LogP contribution in [0.4, 0.5) is 0 Å². The lowest BCUT2D eigenvalue weighted by Crippen LogP contribution is -2.28. The summed E-state index contributed by atoms with van der Waals surface area (Å²) in [6.07, 6.45) is 16.4. The number of nitrogens with one attached hydrogen (secondary N) is 1. The maximum atomic E-state index is 3.64. The average Bonchev–Trinajstić information content (AvgIpc) is 2.30. The van der Waals surface area contributed by atoms with E-state index < -0.39 is 0 Å². The van der Waals surface area contributed by atoms with Gasteiger partial charge < -0.3 is 5.32 Å². The van der Waals surface area contributed by atoms with Gasteiger partial charge in [-0.3, -0.25) is 0 Å². The van der Waals surface area contributed by atoms with Gasteiger partial charge >= 0.3 is 0 Å². The predicted octanol–water partition coefficient (Wildman–Crippen LogP) is 4.23. The van der Waals surface area contributed by atoms with Gasteiger partial charge in [-0.15, -0.1) is 0 Å². The molecule has 92 valence electrons. The largest absolute Gasteiger partial charge is 0.314 e. The third kappa shape index (κ3) is 9.72. The van der Waals surface area contributed by atoms with Gasteiger partial charge in [0.2, 0.25) is 0 Å². The summed E-state index contributed by atoms with van der Waals surface area (Å²) in [5.41, 5.74) is 0. The fourth-order valence-electron chi connectivity index (χ4n) is 1.61. The molecule has 0 aromatic carbocycles. The van der Waals surface area contributed by atoms with Crippen molar-refractivity contribution >= 4 is 0 Å². The SMILES string of the molecule is C=C/C=C/C/C=C/CC(CCC)NCCC. The second kappa shape index (κ2) is 12.3. The highest BCUT2D eigenvalue weighted by molar-refractivity contribution is 5.01. The second-order valence-corrected chi connectivity index (χ2v) is 4.05. The van der Waals surface area contributed by atoms with Crippen molar-refractivity contribution in [3.8, 4) is 0 Å². The Morgan fingerprint density at radius 3 is 2.56 bits per heavy atom. The molecule has 0 aromatic rings. The van der Waals surface area contributed by atoms with Crippen LogP contribution in [0, 0.1) is 0 Å². The summed E-state index contributed by atoms with van der Waals surface area (Å²) in [6.45, 7) is 9.24. The van der Waals surface area contributed by atoms with E-state index in [0.29, 0.717) is 6.04 Å². The molecule has 16 heavy (non-hydrogen) atoms. The van der Waals surface area contributed by atoms with E-state index >= 15 is 0 Å². The Balaban J connectivity index is 3.72. The maximum Gasteiger partial charge on any atom is 0.0101 e. The number of allylic oxidation sites excluding steroid dienone is 4. The minimum absolute atomic E-state index is 0.657. The summed E-state index contributed by atoms with van der Waals surface area (Å²) in [7, 11) is 0. The zero-order chi connectivity index (χ0) is 12.1. The molecular formula is C15H27N. The third-order valence-corrected chi connectivity index (χ3v) is 2.45. The van der Waals surface area contributed by atoms with Gasteiger partial charge in [0.05, 0.1) is 0 Å². The predicted molar refractivity (Wildman–Crippen MR) is 74.7 cm³/mol. The molecule has 0 heterocycles. The van der Waals surface area contributed by atoms with Crippen molar-refractivity contribution in [3.05, 3.63) is 37.0 Å². The van der Waals surface area contributed by atoms with Gasteiger partial charge in [-0.1, -0.05) is 57.2 Å². The summed E-state index contributed by atoms with van der Waals surface area (Å²) in [4.78, 5) is 0. The van der Waals surface area contributed by atoms with E-state index in [1.807, 2.05) is 12.2 Å². The first-order valence-electron chi connectivity index (χ1n) is 6.51. The van der Waals surface area contributed by atoms with Gasteiger partial charge in [0, 0.05) is 6.04 Å². The summed E-state index contributed by atoms with van der Waals surface area (Å²) >= 11 is 0. The normalized spacial score (nSPS) is 13.6. The zero-order valence-electron chi connectivity index (χ0n) is 10.9. The van der Waals surface area contributed by atoms with E-state index in [1.165, 1.54) is 19.3 Å². The monoisotopic (exact) mass is 221 g/mol. The molecule has 1 heteroatoms. The lowest BCUT2D eigenvalue weighted by molar-refractivity contribution is 0.479. The van der Waals surface area contributed by atoms with Gasteiger partial charge in [0.25, 0.3) is 0 Å². The van der Waals surface area contributed by atoms with E-state index in [9.17, 15) is 0 Å². The molecule has 0 spiro atoms. The van der Waals surface area contributed by atoms with Crippen LogP contribution in [0.15, 0.2) is 37.0 Å². The van der Waals surface area contributed by atoms with Crippen molar-refractivity contribution < 1.29 is 0 Å². The fraction of sp³-hybridized carbons (Fsp3) is 0.600. The quantitative estimate of drug-likeness (QED) is 0.430. The molecule has 0 aromatic heterocycles. The van der Waals surface area contributed by atoms with Crippen LogP contribution in [0.3, 0.4) is 0 Å². The van der Waals surface area contributed by atoms with Crippen LogP contribution in [-0.2, 0) is 0 Å². The molecule has 0 aliphatic rings. The van der Waals surface area contributed by atoms with Gasteiger partial charge in [-0.05, 0) is 32.2 Å². The summed E-state index contributed by atoms with van der Waals surface area (Å²) in [6, 6.07) is 0.657. The van der Waals surface area contributed by atoms with Crippen molar-refractivity contribution in [1.82, 2.24) is 5.32 Å². The van der Waals surface area contributed by atoms with E-state index in [2.05, 4.69) is 44.0 Å². The molecular weight excluding hydrogens is 194 g/mol. The van der Waals surface area contributed by atoms with Crippen LogP contribution in [0.2, 0.25) is 0 Å². The summed E-state index contributed by atoms with van der Waals surface area (Å²) in [5, 5.41) is 3.59. The first-order chi connectivity index (χ1) is 7.85. The second-order valence-electron chi connectivity index (χ2n) is 4.05. The number of hydrogen-bond acceptors (Lipinski definition) is 1. The smallest absolute Gasteiger partial charge is 0.0101 e. The van der Waals surface area contributed by atoms with Crippen LogP contribution in [0.1, 0.15) is 46.0 Å². The van der Waals surface area contributed by atoms with Crippen molar-refractivity contribution in [3.63, 3.8) is 0 Å². The zero-order valence-corrected chi connectivity index (χ0v) is 10.9. The average molecular weight is 221 g/mol. The van der Waals surface area contributed by atoms with E-state index in [4.69, 9.17) is 0 Å². The molecule has 0 rings (SSSR count). The summed E-state index contributed by atoms with van der Waals surface area (Å²) < 4.78 is 0. The summed E-state index contributed by atoms with van der Waals surface area (Å²) in [5.74, 6) is 0. The Morgan fingerprint density at radius 1 is 1.12 bits per heavy atom. The van der Waals surface area contributed by atoms with E-state index in [1.54, 1.807) is 0 Å². The Labute approximate surface area is 101 Å². The van der Waals surface area contributed by atoms with E-state index in [0.717, 1.165) is 19.4 Å². The molecule has 0 bridgehead atoms. The first kappa shape index (κ1) is 15.2. The van der Waals surface area contributed by atoms with Crippen LogP contribution in [-0.4, -0.2) is 12.6 Å². The Bertz CT molecular complexity index is 203. The minimum atomic E-state index is 0.657. The van der Waals surface area contributed by atoms with Gasteiger partial charge in [0.1, 0.15) is 0 Å². The number of rotatable bonds is 10. The van der Waals surface area contributed by atoms with Gasteiger partial charge in [-0.2, -0.15) is 0 Å². The molecule has 0 fully saturated rings. The van der Waals surface area contributed by atoms with Crippen LogP contribution in [0.5, 0.6) is 0 Å². The minimum Gasteiger partial charge on any atom is -0.314 e. The Kier molecular flexibility index (Phi) is 11.6. The highest BCUT2D eigenvalue weighted by Gasteiger charge is 2.02. The van der Waals surface area contributed by atoms with Crippen LogP contribution in [0.25, 0.3) is 0 Å². The van der Waals surface area contributed by atoms with Crippen molar-refractivity contribution in [2.75, 3.05) is 6.54 Å². The molecule has 1 atom stereocenters. The molecule has 1 unspecified atom stereocenters. The Hall–Kier alpha value is -0.820. The molecule has 0 saturated heterocycles. The Morgan fingerprint density at radius 2 is 1.94 bits per heavy atom. The lowest BCUT2D eigenvalue weighted by atomic mass is 10.1. The molecule has 1 nitrogen and oxygen atoms in total. The molecule has 0 amide bonds. The lowest BCUT2D eigenvalue weighted by Gasteiger charge is -2.15. The van der Waals surface area contributed by atoms with Gasteiger partial charge in [-0.25, -0.2) is 0 Å². The van der Waals surface area contributed by atoms with E-state index in [-0.39, 0.29) is 0 Å². The van der Waals surface area contributed by atoms with Crippen molar-refractivity contribution in [2.45, 2.75) is 52.0 Å². The van der Waals surface area contributed by atoms with Gasteiger partial charge in [0.15, 0.2) is 0 Å². The standard InChI is InChI=1S/C15H27N/c1-4-7-8-9-10-11-13-15(12-5-2)16-14-6-3/h4,7-8,10-11,15-16H,1,5-6,9,12-14H2,2-3H3/b8-7+,11-10+. The fourth-order valence-corrected chi connectivity index (χ4v) is 1.61. The first-order valence-corrected chi connectivity index (χ1v) is 6.51. The molecule has 0 aliphatic heterocycles. The maximum absolute atomic E-state index is 3.64. The van der Waals surface area contributed by atoms with Crippen LogP contribution >= 0.6 is 0 Å². The molecule has 0 saturated carbocycles. The number of hydrogen-bond donors (Lipinski definition) is 1. The molecule has 0 aliphatic carbocycles.